The molecule has 0 aliphatic rings. The lowest BCUT2D eigenvalue weighted by Crippen LogP contribution is -2.29. The normalized spacial score (nSPS) is 13.0. The average molecular weight is 246 g/mol. The largest absolute Gasteiger partial charge is 0.623 e. The maximum atomic E-state index is 11.8. The number of rotatable bonds is 2. The van der Waals surface area contributed by atoms with Crippen molar-refractivity contribution in [2.24, 2.45) is 7.05 Å². The summed E-state index contributed by atoms with van der Waals surface area (Å²) in [7, 11) is 1.95. The number of nitrogens with one attached hydrogen (secondary N) is 1. The number of H-pyrrole nitrogens is 1. The van der Waals surface area contributed by atoms with Gasteiger partial charge < -0.3 is 14.8 Å². The maximum absolute atomic E-state index is 11.8. The average Bonchev–Trinajstić information content (AvgIpc) is 2.85. The van der Waals surface area contributed by atoms with Crippen LogP contribution in [-0.2, 0) is 7.05 Å². The lowest BCUT2D eigenvalue weighted by atomic mass is 10.1. The third-order valence-corrected chi connectivity index (χ3v) is 2.69. The first-order chi connectivity index (χ1) is 8.38. The van der Waals surface area contributed by atoms with Gasteiger partial charge in [-0.05, 0) is 12.1 Å². The first-order valence-corrected chi connectivity index (χ1v) is 5.86. The first kappa shape index (κ1) is 12.4. The monoisotopic (exact) mass is 246 g/mol. The maximum Gasteiger partial charge on any atom is 0.202 e. The summed E-state index contributed by atoms with van der Waals surface area (Å²) in [4.78, 5) is 7.47. The standard InChI is InChI=1S/C13H18N4O/c1-13(2,3)17(18)9-10-8-14-12(15-10)11-6-5-7-16(11)4/h5-9H,1-4H3,(H,14,15)/b17-9-. The van der Waals surface area contributed by atoms with E-state index < -0.39 is 5.54 Å². The Kier molecular flexibility index (Phi) is 2.98. The number of aryl methyl sites for hydroxylation is 1. The van der Waals surface area contributed by atoms with Crippen molar-refractivity contribution in [1.82, 2.24) is 14.5 Å². The van der Waals surface area contributed by atoms with Crippen molar-refractivity contribution in [3.63, 3.8) is 0 Å². The molecule has 0 radical (unpaired) electrons. The highest BCUT2D eigenvalue weighted by atomic mass is 16.5. The molecule has 18 heavy (non-hydrogen) atoms. The van der Waals surface area contributed by atoms with E-state index in [0.29, 0.717) is 5.69 Å². The van der Waals surface area contributed by atoms with Gasteiger partial charge in [-0.2, -0.15) is 0 Å². The molecular formula is C13H18N4O. The summed E-state index contributed by atoms with van der Waals surface area (Å²) in [5, 5.41) is 11.8. The molecule has 96 valence electrons. The Bertz CT molecular complexity index is 572. The van der Waals surface area contributed by atoms with E-state index in [9.17, 15) is 5.21 Å². The molecule has 0 saturated heterocycles. The van der Waals surface area contributed by atoms with Crippen LogP contribution < -0.4 is 0 Å². The van der Waals surface area contributed by atoms with Gasteiger partial charge in [0.05, 0.1) is 5.69 Å². The minimum absolute atomic E-state index is 0.454. The number of hydroxylamine groups is 1. The Hall–Kier alpha value is -2.04. The Labute approximate surface area is 106 Å². The second-order valence-electron chi connectivity index (χ2n) is 5.30. The summed E-state index contributed by atoms with van der Waals surface area (Å²) in [6.45, 7) is 5.59. The van der Waals surface area contributed by atoms with Gasteiger partial charge in [0.25, 0.3) is 0 Å². The van der Waals surface area contributed by atoms with Gasteiger partial charge >= 0.3 is 0 Å². The van der Waals surface area contributed by atoms with Crippen LogP contribution in [0, 0.1) is 5.21 Å². The SMILES string of the molecule is Cn1cccc1-c1nc(/C=[N+](\[O-])C(C)(C)C)c[nH]1. The number of hydrogen-bond acceptors (Lipinski definition) is 2. The molecule has 0 aliphatic heterocycles. The van der Waals surface area contributed by atoms with Crippen LogP contribution in [0.4, 0.5) is 0 Å². The molecule has 0 aromatic carbocycles. The second kappa shape index (κ2) is 4.33. The molecule has 0 bridgehead atoms. The molecule has 2 rings (SSSR count). The van der Waals surface area contributed by atoms with Crippen molar-refractivity contribution in [2.45, 2.75) is 26.3 Å². The Morgan fingerprint density at radius 1 is 1.44 bits per heavy atom. The smallest absolute Gasteiger partial charge is 0.202 e. The Balaban J connectivity index is 2.30. The van der Waals surface area contributed by atoms with Crippen LogP contribution in [0.2, 0.25) is 0 Å². The van der Waals surface area contributed by atoms with Crippen molar-refractivity contribution in [3.8, 4) is 11.5 Å². The third-order valence-electron chi connectivity index (χ3n) is 2.69. The molecule has 0 atom stereocenters. The van der Waals surface area contributed by atoms with Crippen LogP contribution in [0.15, 0.2) is 24.5 Å². The molecule has 0 aliphatic carbocycles. The molecule has 5 heteroatoms. The molecule has 2 heterocycles. The van der Waals surface area contributed by atoms with E-state index in [1.54, 1.807) is 6.20 Å². The summed E-state index contributed by atoms with van der Waals surface area (Å²) in [5.41, 5.74) is 1.17. The molecule has 0 fully saturated rings. The summed E-state index contributed by atoms with van der Waals surface area (Å²) in [5.74, 6) is 0.760. The molecule has 2 aromatic rings. The fourth-order valence-corrected chi connectivity index (χ4v) is 1.55. The lowest BCUT2D eigenvalue weighted by molar-refractivity contribution is -0.530. The Morgan fingerprint density at radius 3 is 2.72 bits per heavy atom. The van der Waals surface area contributed by atoms with Crippen LogP contribution in [-0.4, -0.2) is 31.0 Å². The van der Waals surface area contributed by atoms with E-state index in [1.165, 1.54) is 6.21 Å². The fraction of sp³-hybridized carbons (Fsp3) is 0.385. The number of aromatic amines is 1. The van der Waals surface area contributed by atoms with E-state index in [2.05, 4.69) is 9.97 Å². The zero-order chi connectivity index (χ0) is 13.3. The zero-order valence-corrected chi connectivity index (χ0v) is 11.1. The van der Waals surface area contributed by atoms with E-state index >= 15 is 0 Å². The third kappa shape index (κ3) is 2.45. The van der Waals surface area contributed by atoms with Crippen molar-refractivity contribution < 1.29 is 4.74 Å². The highest BCUT2D eigenvalue weighted by Crippen LogP contribution is 2.15. The lowest BCUT2D eigenvalue weighted by Gasteiger charge is -2.17. The molecule has 0 amide bonds. The molecule has 0 spiro atoms. The minimum Gasteiger partial charge on any atom is -0.623 e. The quantitative estimate of drug-likeness (QED) is 0.382. The van der Waals surface area contributed by atoms with Crippen LogP contribution >= 0.6 is 0 Å². The van der Waals surface area contributed by atoms with Gasteiger partial charge in [0, 0.05) is 40.2 Å². The zero-order valence-electron chi connectivity index (χ0n) is 11.1. The second-order valence-corrected chi connectivity index (χ2v) is 5.30. The van der Waals surface area contributed by atoms with Crippen LogP contribution in [0.1, 0.15) is 26.5 Å². The number of nitrogens with zero attached hydrogens (tertiary/aromatic N) is 3. The Morgan fingerprint density at radius 2 is 2.17 bits per heavy atom. The summed E-state index contributed by atoms with van der Waals surface area (Å²) >= 11 is 0. The van der Waals surface area contributed by atoms with Crippen molar-refractivity contribution in [1.29, 1.82) is 0 Å². The molecule has 0 saturated carbocycles. The predicted molar refractivity (Wildman–Crippen MR) is 71.5 cm³/mol. The van der Waals surface area contributed by atoms with E-state index in [4.69, 9.17) is 0 Å². The van der Waals surface area contributed by atoms with Gasteiger partial charge in [0.15, 0.2) is 11.4 Å². The molecule has 0 unspecified atom stereocenters. The van der Waals surface area contributed by atoms with Crippen LogP contribution in [0.5, 0.6) is 0 Å². The van der Waals surface area contributed by atoms with Gasteiger partial charge in [0.2, 0.25) is 6.21 Å². The highest BCUT2D eigenvalue weighted by Gasteiger charge is 2.18. The van der Waals surface area contributed by atoms with E-state index in [0.717, 1.165) is 16.3 Å². The highest BCUT2D eigenvalue weighted by molar-refractivity contribution is 5.74. The first-order valence-electron chi connectivity index (χ1n) is 5.86. The van der Waals surface area contributed by atoms with Gasteiger partial charge in [-0.1, -0.05) is 0 Å². The topological polar surface area (TPSA) is 59.7 Å². The van der Waals surface area contributed by atoms with E-state index in [1.807, 2.05) is 50.7 Å². The summed E-state index contributed by atoms with van der Waals surface area (Å²) in [6, 6.07) is 3.93. The van der Waals surface area contributed by atoms with Crippen molar-refractivity contribution in [2.75, 3.05) is 0 Å². The number of imidazole rings is 1. The van der Waals surface area contributed by atoms with Gasteiger partial charge in [-0.15, -0.1) is 0 Å². The summed E-state index contributed by atoms with van der Waals surface area (Å²) < 4.78 is 2.89. The van der Waals surface area contributed by atoms with Gasteiger partial charge in [-0.3, -0.25) is 0 Å². The molecule has 5 nitrogen and oxygen atoms in total. The number of hydrogen-bond donors (Lipinski definition) is 1. The van der Waals surface area contributed by atoms with Gasteiger partial charge in [-0.25, -0.2) is 9.72 Å². The molecular weight excluding hydrogens is 228 g/mol. The van der Waals surface area contributed by atoms with Crippen molar-refractivity contribution in [3.05, 3.63) is 35.4 Å². The predicted octanol–water partition coefficient (Wildman–Crippen LogP) is 2.14. The minimum atomic E-state index is -0.454. The van der Waals surface area contributed by atoms with Crippen LogP contribution in [0.3, 0.4) is 0 Å². The van der Waals surface area contributed by atoms with Crippen LogP contribution in [0.25, 0.3) is 11.5 Å². The van der Waals surface area contributed by atoms with E-state index in [-0.39, 0.29) is 0 Å². The number of aromatic nitrogens is 3. The van der Waals surface area contributed by atoms with Crippen molar-refractivity contribution >= 4 is 6.21 Å². The molecule has 2 aromatic heterocycles. The fourth-order valence-electron chi connectivity index (χ4n) is 1.55. The summed E-state index contributed by atoms with van der Waals surface area (Å²) in [6.07, 6.45) is 5.19. The molecule has 1 N–H and O–H groups in total. The van der Waals surface area contributed by atoms with Gasteiger partial charge in [0.1, 0.15) is 5.69 Å².